The van der Waals surface area contributed by atoms with Crippen LogP contribution < -0.4 is 16.4 Å². The standard InChI is InChI=1S/C22H28N4O2/c23-21(27)19-7-4-6-18(16-19)17-8-10-20(11-9-17)25-22(28)24-12-5-15-26-13-2-1-3-14-26/h4,6-11,16H,1-3,5,12-15H2,(H2,23,27)(H2,24,25,28). The van der Waals surface area contributed by atoms with Gasteiger partial charge < -0.3 is 21.3 Å². The van der Waals surface area contributed by atoms with E-state index in [4.69, 9.17) is 5.73 Å². The van der Waals surface area contributed by atoms with Gasteiger partial charge >= 0.3 is 6.03 Å². The van der Waals surface area contributed by atoms with E-state index in [1.54, 1.807) is 18.2 Å². The second-order valence-electron chi connectivity index (χ2n) is 7.16. The number of benzene rings is 2. The van der Waals surface area contributed by atoms with Crippen LogP contribution in [0.1, 0.15) is 36.0 Å². The molecule has 0 bridgehead atoms. The molecular formula is C22H28N4O2. The van der Waals surface area contributed by atoms with Crippen LogP contribution in [-0.2, 0) is 0 Å². The van der Waals surface area contributed by atoms with Crippen LogP contribution in [-0.4, -0.2) is 43.0 Å². The molecule has 3 rings (SSSR count). The number of hydrogen-bond acceptors (Lipinski definition) is 3. The average Bonchev–Trinajstić information content (AvgIpc) is 2.72. The molecule has 0 atom stereocenters. The molecule has 6 heteroatoms. The van der Waals surface area contributed by atoms with Crippen molar-refractivity contribution in [2.75, 3.05) is 31.5 Å². The van der Waals surface area contributed by atoms with Crippen molar-refractivity contribution in [2.24, 2.45) is 5.73 Å². The van der Waals surface area contributed by atoms with Crippen molar-refractivity contribution >= 4 is 17.6 Å². The van der Waals surface area contributed by atoms with E-state index in [2.05, 4.69) is 15.5 Å². The van der Waals surface area contributed by atoms with Gasteiger partial charge in [-0.05, 0) is 74.3 Å². The highest BCUT2D eigenvalue weighted by Crippen LogP contribution is 2.22. The van der Waals surface area contributed by atoms with Crippen molar-refractivity contribution in [1.82, 2.24) is 10.2 Å². The molecule has 1 heterocycles. The zero-order valence-corrected chi connectivity index (χ0v) is 16.1. The van der Waals surface area contributed by atoms with Gasteiger partial charge in [0.05, 0.1) is 0 Å². The molecule has 1 saturated heterocycles. The van der Waals surface area contributed by atoms with Gasteiger partial charge in [0.2, 0.25) is 5.91 Å². The lowest BCUT2D eigenvalue weighted by Gasteiger charge is -2.26. The van der Waals surface area contributed by atoms with Crippen molar-refractivity contribution in [1.29, 1.82) is 0 Å². The smallest absolute Gasteiger partial charge is 0.319 e. The Morgan fingerprint density at radius 3 is 2.43 bits per heavy atom. The van der Waals surface area contributed by atoms with E-state index in [1.807, 2.05) is 30.3 Å². The maximum absolute atomic E-state index is 12.1. The van der Waals surface area contributed by atoms with E-state index in [9.17, 15) is 9.59 Å². The maximum atomic E-state index is 12.1. The van der Waals surface area contributed by atoms with Gasteiger partial charge in [0.1, 0.15) is 0 Å². The Morgan fingerprint density at radius 2 is 1.71 bits per heavy atom. The molecule has 3 amide bonds. The fourth-order valence-corrected chi connectivity index (χ4v) is 3.46. The van der Waals surface area contributed by atoms with Gasteiger partial charge in [-0.15, -0.1) is 0 Å². The minimum absolute atomic E-state index is 0.192. The van der Waals surface area contributed by atoms with Crippen LogP contribution in [0.2, 0.25) is 0 Å². The molecule has 1 aliphatic heterocycles. The first-order valence-corrected chi connectivity index (χ1v) is 9.89. The lowest BCUT2D eigenvalue weighted by Crippen LogP contribution is -2.34. The summed E-state index contributed by atoms with van der Waals surface area (Å²) >= 11 is 0. The van der Waals surface area contributed by atoms with E-state index < -0.39 is 5.91 Å². The quantitative estimate of drug-likeness (QED) is 0.643. The monoisotopic (exact) mass is 380 g/mol. The summed E-state index contributed by atoms with van der Waals surface area (Å²) in [4.78, 5) is 25.8. The molecule has 2 aromatic rings. The highest BCUT2D eigenvalue weighted by Gasteiger charge is 2.09. The summed E-state index contributed by atoms with van der Waals surface area (Å²) in [6.45, 7) is 4.07. The average molecular weight is 380 g/mol. The Hall–Kier alpha value is -2.86. The summed E-state index contributed by atoms with van der Waals surface area (Å²) in [6, 6.07) is 14.5. The topological polar surface area (TPSA) is 87.5 Å². The number of carbonyl (C=O) groups excluding carboxylic acids is 2. The first-order chi connectivity index (χ1) is 13.6. The normalized spacial score (nSPS) is 14.4. The summed E-state index contributed by atoms with van der Waals surface area (Å²) in [5.74, 6) is -0.447. The van der Waals surface area contributed by atoms with Gasteiger partial charge in [-0.3, -0.25) is 4.79 Å². The molecule has 1 fully saturated rings. The molecule has 2 aromatic carbocycles. The van der Waals surface area contributed by atoms with E-state index in [1.165, 1.54) is 32.4 Å². The number of nitrogens with zero attached hydrogens (tertiary/aromatic N) is 1. The van der Waals surface area contributed by atoms with Crippen LogP contribution in [0.4, 0.5) is 10.5 Å². The van der Waals surface area contributed by atoms with Crippen LogP contribution in [0.5, 0.6) is 0 Å². The van der Waals surface area contributed by atoms with E-state index >= 15 is 0 Å². The second kappa shape index (κ2) is 9.90. The van der Waals surface area contributed by atoms with Gasteiger partial charge in [0.15, 0.2) is 0 Å². The lowest BCUT2D eigenvalue weighted by molar-refractivity contribution is 0.100. The van der Waals surface area contributed by atoms with Crippen molar-refractivity contribution in [3.8, 4) is 11.1 Å². The Balaban J connectivity index is 1.45. The zero-order chi connectivity index (χ0) is 19.8. The molecule has 148 valence electrons. The van der Waals surface area contributed by atoms with Crippen molar-refractivity contribution in [3.05, 3.63) is 54.1 Å². The van der Waals surface area contributed by atoms with E-state index in [0.717, 1.165) is 29.8 Å². The highest BCUT2D eigenvalue weighted by atomic mass is 16.2. The molecule has 0 aliphatic carbocycles. The molecule has 4 N–H and O–H groups in total. The molecule has 0 unspecified atom stereocenters. The van der Waals surface area contributed by atoms with E-state index in [0.29, 0.717) is 12.1 Å². The molecule has 0 saturated carbocycles. The minimum atomic E-state index is -0.447. The largest absolute Gasteiger partial charge is 0.366 e. The fourth-order valence-electron chi connectivity index (χ4n) is 3.46. The third kappa shape index (κ3) is 5.82. The number of likely N-dealkylation sites (tertiary alicyclic amines) is 1. The van der Waals surface area contributed by atoms with Gasteiger partial charge in [-0.1, -0.05) is 30.7 Å². The van der Waals surface area contributed by atoms with Gasteiger partial charge in [0, 0.05) is 17.8 Å². The molecule has 28 heavy (non-hydrogen) atoms. The number of rotatable bonds is 7. The molecule has 0 aromatic heterocycles. The van der Waals surface area contributed by atoms with Gasteiger partial charge in [-0.2, -0.15) is 0 Å². The molecule has 0 spiro atoms. The van der Waals surface area contributed by atoms with Gasteiger partial charge in [-0.25, -0.2) is 4.79 Å². The zero-order valence-electron chi connectivity index (χ0n) is 16.1. The minimum Gasteiger partial charge on any atom is -0.366 e. The van der Waals surface area contributed by atoms with Gasteiger partial charge in [0.25, 0.3) is 0 Å². The van der Waals surface area contributed by atoms with Crippen molar-refractivity contribution in [3.63, 3.8) is 0 Å². The second-order valence-corrected chi connectivity index (χ2v) is 7.16. The number of piperidine rings is 1. The summed E-state index contributed by atoms with van der Waals surface area (Å²) in [5, 5.41) is 5.76. The van der Waals surface area contributed by atoms with E-state index in [-0.39, 0.29) is 6.03 Å². The summed E-state index contributed by atoms with van der Waals surface area (Å²) in [6.07, 6.45) is 4.88. The fraction of sp³-hybridized carbons (Fsp3) is 0.364. The highest BCUT2D eigenvalue weighted by molar-refractivity contribution is 5.94. The Labute approximate surface area is 166 Å². The number of urea groups is 1. The van der Waals surface area contributed by atoms with Crippen LogP contribution >= 0.6 is 0 Å². The number of nitrogens with one attached hydrogen (secondary N) is 2. The number of nitrogens with two attached hydrogens (primary N) is 1. The van der Waals surface area contributed by atoms with Crippen molar-refractivity contribution < 1.29 is 9.59 Å². The molecule has 1 aliphatic rings. The van der Waals surface area contributed by atoms with Crippen LogP contribution in [0.25, 0.3) is 11.1 Å². The molecule has 6 nitrogen and oxygen atoms in total. The third-order valence-electron chi connectivity index (χ3n) is 5.01. The first-order valence-electron chi connectivity index (χ1n) is 9.89. The number of primary amides is 1. The Morgan fingerprint density at radius 1 is 0.964 bits per heavy atom. The molecular weight excluding hydrogens is 352 g/mol. The summed E-state index contributed by atoms with van der Waals surface area (Å²) in [7, 11) is 0. The van der Waals surface area contributed by atoms with Crippen LogP contribution in [0.15, 0.2) is 48.5 Å². The SMILES string of the molecule is NC(=O)c1cccc(-c2ccc(NC(=O)NCCCN3CCCCC3)cc2)c1. The maximum Gasteiger partial charge on any atom is 0.319 e. The predicted octanol–water partition coefficient (Wildman–Crippen LogP) is 3.45. The van der Waals surface area contributed by atoms with Crippen LogP contribution in [0, 0.1) is 0 Å². The summed E-state index contributed by atoms with van der Waals surface area (Å²) in [5.41, 5.74) is 8.40. The van der Waals surface area contributed by atoms with Crippen LogP contribution in [0.3, 0.4) is 0 Å². The number of amides is 3. The van der Waals surface area contributed by atoms with Crippen molar-refractivity contribution in [2.45, 2.75) is 25.7 Å². The Bertz CT molecular complexity index is 798. The third-order valence-corrected chi connectivity index (χ3v) is 5.01. The number of anilines is 1. The Kier molecular flexibility index (Phi) is 7.03. The summed E-state index contributed by atoms with van der Waals surface area (Å²) < 4.78 is 0. The lowest BCUT2D eigenvalue weighted by atomic mass is 10.0. The predicted molar refractivity (Wildman–Crippen MR) is 112 cm³/mol. The molecule has 0 radical (unpaired) electrons. The number of hydrogen-bond donors (Lipinski definition) is 3. The first kappa shape index (κ1) is 19.9. The number of carbonyl (C=O) groups is 2.